The van der Waals surface area contributed by atoms with Crippen LogP contribution in [-0.2, 0) is 11.3 Å². The fourth-order valence-corrected chi connectivity index (χ4v) is 3.02. The zero-order valence-corrected chi connectivity index (χ0v) is 12.5. The third-order valence-corrected chi connectivity index (χ3v) is 4.51. The zero-order chi connectivity index (χ0) is 14.0. The van der Waals surface area contributed by atoms with Crippen LogP contribution in [0.25, 0.3) is 11.0 Å². The van der Waals surface area contributed by atoms with Gasteiger partial charge in [0.05, 0.1) is 0 Å². The maximum Gasteiger partial charge on any atom is 0.199 e. The monoisotopic (exact) mass is 293 g/mol. The standard InChI is InChI=1S/C16H20ClNO2/c1-16(6-8-19-9-7-16)11-18-10-13-12-4-2-3-5-14(12)20-15(13)17/h2-5,18H,6-11H2,1H3. The summed E-state index contributed by atoms with van der Waals surface area (Å²) in [5.74, 6) is 0. The van der Waals surface area contributed by atoms with Gasteiger partial charge in [0.15, 0.2) is 5.22 Å². The highest BCUT2D eigenvalue weighted by Gasteiger charge is 2.27. The maximum atomic E-state index is 6.20. The molecule has 1 aliphatic rings. The molecule has 0 atom stereocenters. The molecule has 0 bridgehead atoms. The van der Waals surface area contributed by atoms with E-state index in [2.05, 4.69) is 18.3 Å². The first-order valence-electron chi connectivity index (χ1n) is 7.12. The van der Waals surface area contributed by atoms with Gasteiger partial charge in [0.25, 0.3) is 0 Å². The first-order valence-corrected chi connectivity index (χ1v) is 7.50. The lowest BCUT2D eigenvalue weighted by molar-refractivity contribution is 0.0240. The predicted molar refractivity (Wildman–Crippen MR) is 81.1 cm³/mol. The van der Waals surface area contributed by atoms with Crippen molar-refractivity contribution in [3.05, 3.63) is 35.0 Å². The number of fused-ring (bicyclic) bond motifs is 1. The largest absolute Gasteiger partial charge is 0.444 e. The molecule has 2 heterocycles. The van der Waals surface area contributed by atoms with E-state index in [1.807, 2.05) is 18.2 Å². The van der Waals surface area contributed by atoms with Crippen LogP contribution in [0.5, 0.6) is 0 Å². The minimum Gasteiger partial charge on any atom is -0.444 e. The summed E-state index contributed by atoms with van der Waals surface area (Å²) in [5, 5.41) is 5.13. The molecule has 3 rings (SSSR count). The molecule has 3 nitrogen and oxygen atoms in total. The average molecular weight is 294 g/mol. The topological polar surface area (TPSA) is 34.4 Å². The van der Waals surface area contributed by atoms with Crippen LogP contribution in [0.2, 0.25) is 5.22 Å². The van der Waals surface area contributed by atoms with Crippen LogP contribution in [0.1, 0.15) is 25.3 Å². The van der Waals surface area contributed by atoms with E-state index in [0.29, 0.717) is 10.6 Å². The van der Waals surface area contributed by atoms with Crippen LogP contribution < -0.4 is 5.32 Å². The van der Waals surface area contributed by atoms with Crippen molar-refractivity contribution in [1.29, 1.82) is 0 Å². The summed E-state index contributed by atoms with van der Waals surface area (Å²) < 4.78 is 11.0. The molecule has 1 aliphatic heterocycles. The SMILES string of the molecule is CC1(CNCc2c(Cl)oc3ccccc23)CCOCC1. The zero-order valence-electron chi connectivity index (χ0n) is 11.7. The molecule has 1 saturated heterocycles. The number of hydrogen-bond acceptors (Lipinski definition) is 3. The van der Waals surface area contributed by atoms with Crippen molar-refractivity contribution in [2.24, 2.45) is 5.41 Å². The van der Waals surface area contributed by atoms with Gasteiger partial charge in [0, 0.05) is 37.3 Å². The molecular formula is C16H20ClNO2. The van der Waals surface area contributed by atoms with E-state index in [-0.39, 0.29) is 0 Å². The lowest BCUT2D eigenvalue weighted by atomic mass is 9.82. The number of hydrogen-bond donors (Lipinski definition) is 1. The van der Waals surface area contributed by atoms with E-state index in [4.69, 9.17) is 20.8 Å². The van der Waals surface area contributed by atoms with Crippen molar-refractivity contribution in [2.75, 3.05) is 19.8 Å². The predicted octanol–water partition coefficient (Wildman–Crippen LogP) is 3.99. The summed E-state index contributed by atoms with van der Waals surface area (Å²) in [6.07, 6.45) is 2.22. The number of ether oxygens (including phenoxy) is 1. The Labute approximate surface area is 124 Å². The van der Waals surface area contributed by atoms with E-state index in [0.717, 1.165) is 55.7 Å². The lowest BCUT2D eigenvalue weighted by Crippen LogP contribution is -2.36. The second kappa shape index (κ2) is 5.76. The number of furan rings is 1. The maximum absolute atomic E-state index is 6.20. The molecule has 0 saturated carbocycles. The highest BCUT2D eigenvalue weighted by molar-refractivity contribution is 6.30. The summed E-state index contributed by atoms with van der Waals surface area (Å²) in [7, 11) is 0. The van der Waals surface area contributed by atoms with E-state index >= 15 is 0 Å². The molecule has 1 aromatic heterocycles. The second-order valence-corrected chi connectivity index (χ2v) is 6.22. The number of nitrogens with one attached hydrogen (secondary N) is 1. The third kappa shape index (κ3) is 2.85. The average Bonchev–Trinajstić information content (AvgIpc) is 2.76. The molecule has 1 N–H and O–H groups in total. The third-order valence-electron chi connectivity index (χ3n) is 4.20. The Morgan fingerprint density at radius 1 is 1.25 bits per heavy atom. The van der Waals surface area contributed by atoms with Crippen LogP contribution in [0, 0.1) is 5.41 Å². The molecular weight excluding hydrogens is 274 g/mol. The number of rotatable bonds is 4. The van der Waals surface area contributed by atoms with Gasteiger partial charge in [0.1, 0.15) is 5.58 Å². The van der Waals surface area contributed by atoms with Gasteiger partial charge >= 0.3 is 0 Å². The van der Waals surface area contributed by atoms with E-state index in [9.17, 15) is 0 Å². The van der Waals surface area contributed by atoms with E-state index in [1.54, 1.807) is 0 Å². The van der Waals surface area contributed by atoms with Crippen LogP contribution in [0.3, 0.4) is 0 Å². The molecule has 0 unspecified atom stereocenters. The number of benzene rings is 1. The minimum atomic E-state index is 0.324. The minimum absolute atomic E-state index is 0.324. The Hall–Kier alpha value is -1.03. The Balaban J connectivity index is 1.66. The highest BCUT2D eigenvalue weighted by atomic mass is 35.5. The van der Waals surface area contributed by atoms with Crippen LogP contribution in [0.4, 0.5) is 0 Å². The Morgan fingerprint density at radius 2 is 2.00 bits per heavy atom. The Morgan fingerprint density at radius 3 is 2.80 bits per heavy atom. The molecule has 2 aromatic rings. The first kappa shape index (κ1) is 13.9. The van der Waals surface area contributed by atoms with Crippen molar-refractivity contribution >= 4 is 22.6 Å². The smallest absolute Gasteiger partial charge is 0.199 e. The Kier molecular flexibility index (Phi) is 4.01. The summed E-state index contributed by atoms with van der Waals surface area (Å²) in [6.45, 7) is 5.78. The fourth-order valence-electron chi connectivity index (χ4n) is 2.76. The quantitative estimate of drug-likeness (QED) is 0.925. The molecule has 1 aromatic carbocycles. The highest BCUT2D eigenvalue weighted by Crippen LogP contribution is 2.31. The van der Waals surface area contributed by atoms with E-state index < -0.39 is 0 Å². The number of halogens is 1. The van der Waals surface area contributed by atoms with Gasteiger partial charge in [-0.1, -0.05) is 25.1 Å². The second-order valence-electron chi connectivity index (χ2n) is 5.88. The van der Waals surface area contributed by atoms with Gasteiger partial charge in [-0.3, -0.25) is 0 Å². The molecule has 0 aliphatic carbocycles. The van der Waals surface area contributed by atoms with Gasteiger partial charge in [-0.15, -0.1) is 0 Å². The van der Waals surface area contributed by atoms with Gasteiger partial charge in [-0.05, 0) is 35.9 Å². The van der Waals surface area contributed by atoms with Crippen molar-refractivity contribution in [1.82, 2.24) is 5.32 Å². The van der Waals surface area contributed by atoms with Gasteiger partial charge < -0.3 is 14.5 Å². The summed E-state index contributed by atoms with van der Waals surface area (Å²) in [5.41, 5.74) is 2.23. The van der Waals surface area contributed by atoms with Crippen molar-refractivity contribution in [3.8, 4) is 0 Å². The number of para-hydroxylation sites is 1. The van der Waals surface area contributed by atoms with Crippen LogP contribution in [0.15, 0.2) is 28.7 Å². The first-order chi connectivity index (χ1) is 9.68. The van der Waals surface area contributed by atoms with Crippen molar-refractivity contribution in [3.63, 3.8) is 0 Å². The fraction of sp³-hybridized carbons (Fsp3) is 0.500. The molecule has 4 heteroatoms. The van der Waals surface area contributed by atoms with Crippen LogP contribution in [-0.4, -0.2) is 19.8 Å². The lowest BCUT2D eigenvalue weighted by Gasteiger charge is -2.33. The summed E-state index contributed by atoms with van der Waals surface area (Å²) in [6, 6.07) is 7.97. The van der Waals surface area contributed by atoms with Gasteiger partial charge in [-0.25, -0.2) is 0 Å². The molecule has 1 fully saturated rings. The van der Waals surface area contributed by atoms with Crippen LogP contribution >= 0.6 is 11.6 Å². The van der Waals surface area contributed by atoms with Crippen molar-refractivity contribution < 1.29 is 9.15 Å². The van der Waals surface area contributed by atoms with Gasteiger partial charge in [0.2, 0.25) is 0 Å². The van der Waals surface area contributed by atoms with E-state index in [1.165, 1.54) is 0 Å². The molecule has 0 amide bonds. The summed E-state index contributed by atoms with van der Waals surface area (Å²) >= 11 is 6.20. The van der Waals surface area contributed by atoms with Crippen molar-refractivity contribution in [2.45, 2.75) is 26.3 Å². The van der Waals surface area contributed by atoms with Gasteiger partial charge in [-0.2, -0.15) is 0 Å². The Bertz CT molecular complexity index is 587. The molecule has 108 valence electrons. The summed E-state index contributed by atoms with van der Waals surface area (Å²) in [4.78, 5) is 0. The molecule has 20 heavy (non-hydrogen) atoms. The normalized spacial score (nSPS) is 18.5. The molecule has 0 spiro atoms. The molecule has 0 radical (unpaired) electrons.